The van der Waals surface area contributed by atoms with Crippen LogP contribution in [-0.2, 0) is 4.79 Å². The van der Waals surface area contributed by atoms with Gasteiger partial charge in [0.15, 0.2) is 0 Å². The SMILES string of the molecule is CN1CCN(C(=O)C(N)C(C)(C)C)C(c2ccccc2)C1. The van der Waals surface area contributed by atoms with Crippen molar-refractivity contribution in [3.8, 4) is 0 Å². The summed E-state index contributed by atoms with van der Waals surface area (Å²) in [5.41, 5.74) is 7.15. The Morgan fingerprint density at radius 2 is 1.86 bits per heavy atom. The Balaban J connectivity index is 2.25. The number of piperazine rings is 1. The Morgan fingerprint density at radius 1 is 1.24 bits per heavy atom. The average Bonchev–Trinajstić information content (AvgIpc) is 2.45. The fourth-order valence-corrected chi connectivity index (χ4v) is 2.69. The number of likely N-dealkylation sites (N-methyl/N-ethyl adjacent to an activating group) is 1. The molecule has 1 amide bonds. The molecule has 2 N–H and O–H groups in total. The number of rotatable bonds is 2. The van der Waals surface area contributed by atoms with Crippen molar-refractivity contribution >= 4 is 5.91 Å². The van der Waals surface area contributed by atoms with Crippen LogP contribution in [0.25, 0.3) is 0 Å². The Morgan fingerprint density at radius 3 is 2.43 bits per heavy atom. The van der Waals surface area contributed by atoms with Gasteiger partial charge in [0.25, 0.3) is 0 Å². The minimum absolute atomic E-state index is 0.0597. The zero-order valence-corrected chi connectivity index (χ0v) is 13.5. The standard InChI is InChI=1S/C17H27N3O/c1-17(2,3)15(18)16(21)20-11-10-19(4)12-14(20)13-8-6-5-7-9-13/h5-9,14-15H,10-12,18H2,1-4H3. The lowest BCUT2D eigenvalue weighted by molar-refractivity contribution is -0.140. The molecule has 1 saturated heterocycles. The van der Waals surface area contributed by atoms with E-state index in [1.54, 1.807) is 0 Å². The molecule has 1 aromatic rings. The van der Waals surface area contributed by atoms with E-state index < -0.39 is 6.04 Å². The topological polar surface area (TPSA) is 49.6 Å². The summed E-state index contributed by atoms with van der Waals surface area (Å²) >= 11 is 0. The first-order valence-electron chi connectivity index (χ1n) is 7.60. The first-order chi connectivity index (χ1) is 9.80. The van der Waals surface area contributed by atoms with E-state index >= 15 is 0 Å². The third kappa shape index (κ3) is 3.63. The molecule has 1 heterocycles. The molecule has 4 nitrogen and oxygen atoms in total. The molecule has 0 spiro atoms. The minimum atomic E-state index is -0.466. The number of hydrogen-bond acceptors (Lipinski definition) is 3. The van der Waals surface area contributed by atoms with Crippen LogP contribution in [0.2, 0.25) is 0 Å². The Bertz CT molecular complexity index is 481. The van der Waals surface area contributed by atoms with E-state index in [0.29, 0.717) is 0 Å². The number of benzene rings is 1. The van der Waals surface area contributed by atoms with Gasteiger partial charge in [0.2, 0.25) is 5.91 Å². The van der Waals surface area contributed by atoms with Crippen LogP contribution in [0.3, 0.4) is 0 Å². The van der Waals surface area contributed by atoms with Gasteiger partial charge in [-0.25, -0.2) is 0 Å². The van der Waals surface area contributed by atoms with E-state index in [-0.39, 0.29) is 17.4 Å². The molecule has 0 saturated carbocycles. The lowest BCUT2D eigenvalue weighted by Gasteiger charge is -2.43. The van der Waals surface area contributed by atoms with E-state index in [4.69, 9.17) is 5.73 Å². The molecule has 1 aliphatic heterocycles. The van der Waals surface area contributed by atoms with E-state index in [9.17, 15) is 4.79 Å². The predicted molar refractivity (Wildman–Crippen MR) is 85.8 cm³/mol. The van der Waals surface area contributed by atoms with Crippen molar-refractivity contribution in [2.45, 2.75) is 32.9 Å². The molecule has 0 aliphatic carbocycles. The van der Waals surface area contributed by atoms with Crippen molar-refractivity contribution in [2.75, 3.05) is 26.7 Å². The van der Waals surface area contributed by atoms with Gasteiger partial charge in [-0.05, 0) is 18.0 Å². The molecule has 116 valence electrons. The fraction of sp³-hybridized carbons (Fsp3) is 0.588. The third-order valence-electron chi connectivity index (χ3n) is 4.25. The van der Waals surface area contributed by atoms with Crippen molar-refractivity contribution in [1.29, 1.82) is 0 Å². The van der Waals surface area contributed by atoms with Crippen LogP contribution in [-0.4, -0.2) is 48.4 Å². The fourth-order valence-electron chi connectivity index (χ4n) is 2.69. The smallest absolute Gasteiger partial charge is 0.240 e. The monoisotopic (exact) mass is 289 g/mol. The molecule has 1 fully saturated rings. The molecule has 0 radical (unpaired) electrons. The maximum Gasteiger partial charge on any atom is 0.240 e. The highest BCUT2D eigenvalue weighted by atomic mass is 16.2. The van der Waals surface area contributed by atoms with Gasteiger partial charge in [-0.1, -0.05) is 51.1 Å². The highest BCUT2D eigenvalue weighted by Crippen LogP contribution is 2.28. The first-order valence-corrected chi connectivity index (χ1v) is 7.60. The van der Waals surface area contributed by atoms with Crippen molar-refractivity contribution in [1.82, 2.24) is 9.80 Å². The zero-order chi connectivity index (χ0) is 15.6. The van der Waals surface area contributed by atoms with Crippen LogP contribution in [0.4, 0.5) is 0 Å². The highest BCUT2D eigenvalue weighted by Gasteiger charge is 2.36. The Labute approximate surface area is 127 Å². The summed E-state index contributed by atoms with van der Waals surface area (Å²) in [6.07, 6.45) is 0. The number of amides is 1. The van der Waals surface area contributed by atoms with Crippen molar-refractivity contribution in [3.63, 3.8) is 0 Å². The summed E-state index contributed by atoms with van der Waals surface area (Å²) in [5, 5.41) is 0. The number of carbonyl (C=O) groups is 1. The molecule has 1 aliphatic rings. The van der Waals surface area contributed by atoms with Gasteiger partial charge in [-0.2, -0.15) is 0 Å². The quantitative estimate of drug-likeness (QED) is 0.904. The van der Waals surface area contributed by atoms with Crippen LogP contribution in [0.15, 0.2) is 30.3 Å². The Hall–Kier alpha value is -1.39. The second-order valence-electron chi connectivity index (χ2n) is 7.06. The minimum Gasteiger partial charge on any atom is -0.332 e. The van der Waals surface area contributed by atoms with Gasteiger partial charge >= 0.3 is 0 Å². The van der Waals surface area contributed by atoms with E-state index in [1.807, 2.05) is 43.9 Å². The molecule has 0 aromatic heterocycles. The lowest BCUT2D eigenvalue weighted by atomic mass is 9.86. The third-order valence-corrected chi connectivity index (χ3v) is 4.25. The zero-order valence-electron chi connectivity index (χ0n) is 13.5. The van der Waals surface area contributed by atoms with Crippen molar-refractivity contribution < 1.29 is 4.79 Å². The molecule has 21 heavy (non-hydrogen) atoms. The maximum absolute atomic E-state index is 12.8. The van der Waals surface area contributed by atoms with Crippen LogP contribution >= 0.6 is 0 Å². The second kappa shape index (κ2) is 6.16. The molecular formula is C17H27N3O. The van der Waals surface area contributed by atoms with Crippen LogP contribution in [0, 0.1) is 5.41 Å². The molecule has 2 atom stereocenters. The second-order valence-corrected chi connectivity index (χ2v) is 7.06. The van der Waals surface area contributed by atoms with Gasteiger partial charge in [0.05, 0.1) is 12.1 Å². The number of nitrogens with two attached hydrogens (primary N) is 1. The maximum atomic E-state index is 12.8. The van der Waals surface area contributed by atoms with Crippen LogP contribution in [0.5, 0.6) is 0 Å². The van der Waals surface area contributed by atoms with Crippen molar-refractivity contribution in [2.24, 2.45) is 11.1 Å². The van der Waals surface area contributed by atoms with E-state index in [0.717, 1.165) is 19.6 Å². The Kier molecular flexibility index (Phi) is 4.69. The summed E-state index contributed by atoms with van der Waals surface area (Å²) in [5.74, 6) is 0.0597. The van der Waals surface area contributed by atoms with Gasteiger partial charge in [0.1, 0.15) is 0 Å². The first kappa shape index (κ1) is 16.0. The highest BCUT2D eigenvalue weighted by molar-refractivity contribution is 5.83. The number of hydrogen-bond donors (Lipinski definition) is 1. The predicted octanol–water partition coefficient (Wildman–Crippen LogP) is 1.88. The van der Waals surface area contributed by atoms with Crippen LogP contribution in [0.1, 0.15) is 32.4 Å². The van der Waals surface area contributed by atoms with E-state index in [2.05, 4.69) is 24.1 Å². The molecule has 2 unspecified atom stereocenters. The molecule has 4 heteroatoms. The molecule has 1 aromatic carbocycles. The molecule has 2 rings (SSSR count). The largest absolute Gasteiger partial charge is 0.332 e. The summed E-state index contributed by atoms with van der Waals surface area (Å²) in [6.45, 7) is 8.53. The van der Waals surface area contributed by atoms with Gasteiger partial charge < -0.3 is 15.5 Å². The van der Waals surface area contributed by atoms with Gasteiger partial charge in [-0.3, -0.25) is 4.79 Å². The summed E-state index contributed by atoms with van der Waals surface area (Å²) < 4.78 is 0. The molecule has 0 bridgehead atoms. The number of carbonyl (C=O) groups excluding carboxylic acids is 1. The normalized spacial score (nSPS) is 22.1. The summed E-state index contributed by atoms with van der Waals surface area (Å²) in [7, 11) is 2.10. The number of nitrogens with zero attached hydrogens (tertiary/aromatic N) is 2. The van der Waals surface area contributed by atoms with Gasteiger partial charge in [0, 0.05) is 19.6 Å². The summed E-state index contributed by atoms with van der Waals surface area (Å²) in [6, 6.07) is 9.85. The van der Waals surface area contributed by atoms with Crippen molar-refractivity contribution in [3.05, 3.63) is 35.9 Å². The van der Waals surface area contributed by atoms with Crippen LogP contribution < -0.4 is 5.73 Å². The summed E-state index contributed by atoms with van der Waals surface area (Å²) in [4.78, 5) is 17.0. The van der Waals surface area contributed by atoms with Gasteiger partial charge in [-0.15, -0.1) is 0 Å². The van der Waals surface area contributed by atoms with E-state index in [1.165, 1.54) is 5.56 Å². The average molecular weight is 289 g/mol. The molecular weight excluding hydrogens is 262 g/mol. The lowest BCUT2D eigenvalue weighted by Crippen LogP contribution is -2.56.